The summed E-state index contributed by atoms with van der Waals surface area (Å²) in [5, 5.41) is 26.8. The molecule has 20 heavy (non-hydrogen) atoms. The first kappa shape index (κ1) is 14.4. The molecule has 2 rings (SSSR count). The number of aromatic hydroxyl groups is 1. The van der Waals surface area contributed by atoms with E-state index in [1.165, 1.54) is 0 Å². The number of thioether (sulfide) groups is 1. The van der Waals surface area contributed by atoms with Crippen LogP contribution in [0, 0.1) is 0 Å². The number of nitrogens with zero attached hydrogens (tertiary/aromatic N) is 3. The van der Waals surface area contributed by atoms with Gasteiger partial charge < -0.3 is 10.2 Å². The van der Waals surface area contributed by atoms with Crippen LogP contribution >= 0.6 is 11.8 Å². The third kappa shape index (κ3) is 3.11. The van der Waals surface area contributed by atoms with E-state index in [9.17, 15) is 9.90 Å². The number of hydrogen-bond acceptors (Lipinski definition) is 5. The second kappa shape index (κ2) is 5.96. The number of aromatic nitrogens is 3. The first-order valence-corrected chi connectivity index (χ1v) is 7.06. The molecule has 7 heteroatoms. The van der Waals surface area contributed by atoms with Crippen LogP contribution in [-0.2, 0) is 4.79 Å². The zero-order valence-electron chi connectivity index (χ0n) is 11.1. The average molecular weight is 293 g/mol. The minimum absolute atomic E-state index is 0.0551. The summed E-state index contributed by atoms with van der Waals surface area (Å²) < 4.78 is 1.89. The van der Waals surface area contributed by atoms with E-state index in [2.05, 4.69) is 10.2 Å². The van der Waals surface area contributed by atoms with Crippen molar-refractivity contribution >= 4 is 17.7 Å². The first-order chi connectivity index (χ1) is 9.49. The molecule has 0 aliphatic rings. The maximum absolute atomic E-state index is 10.7. The lowest BCUT2D eigenvalue weighted by Gasteiger charge is -2.13. The number of benzene rings is 1. The Morgan fingerprint density at radius 2 is 1.95 bits per heavy atom. The Morgan fingerprint density at radius 1 is 1.30 bits per heavy atom. The minimum atomic E-state index is -0.889. The number of phenolic OH excluding ortho intramolecular Hbond substituents is 1. The van der Waals surface area contributed by atoms with Gasteiger partial charge in [0.2, 0.25) is 0 Å². The van der Waals surface area contributed by atoms with Crippen molar-refractivity contribution in [3.63, 3.8) is 0 Å². The average Bonchev–Trinajstić information content (AvgIpc) is 2.81. The number of phenols is 1. The van der Waals surface area contributed by atoms with E-state index in [-0.39, 0.29) is 17.5 Å². The third-order valence-electron chi connectivity index (χ3n) is 2.63. The molecular weight excluding hydrogens is 278 g/mol. The van der Waals surface area contributed by atoms with Gasteiger partial charge in [-0.05, 0) is 38.1 Å². The fraction of sp³-hybridized carbons (Fsp3) is 0.308. The van der Waals surface area contributed by atoms with Gasteiger partial charge >= 0.3 is 5.97 Å². The predicted molar refractivity (Wildman–Crippen MR) is 75.9 cm³/mol. The monoisotopic (exact) mass is 293 g/mol. The second-order valence-electron chi connectivity index (χ2n) is 4.50. The molecule has 0 saturated heterocycles. The summed E-state index contributed by atoms with van der Waals surface area (Å²) in [5.41, 5.74) is 0.825. The number of carboxylic acids is 1. The smallest absolute Gasteiger partial charge is 0.313 e. The van der Waals surface area contributed by atoms with Gasteiger partial charge in [-0.2, -0.15) is 0 Å². The summed E-state index contributed by atoms with van der Waals surface area (Å²) in [4.78, 5) is 10.7. The normalized spacial score (nSPS) is 10.9. The summed E-state index contributed by atoms with van der Waals surface area (Å²) in [6, 6.07) is 6.77. The molecule has 2 aromatic rings. The number of carboxylic acid groups (broad SMARTS) is 1. The summed E-state index contributed by atoms with van der Waals surface area (Å²) in [7, 11) is 0. The van der Waals surface area contributed by atoms with Gasteiger partial charge in [-0.25, -0.2) is 0 Å². The van der Waals surface area contributed by atoms with Crippen molar-refractivity contribution in [2.24, 2.45) is 0 Å². The zero-order chi connectivity index (χ0) is 14.7. The van der Waals surface area contributed by atoms with Crippen LogP contribution in [0.4, 0.5) is 0 Å². The van der Waals surface area contributed by atoms with E-state index in [0.29, 0.717) is 11.0 Å². The Morgan fingerprint density at radius 3 is 2.50 bits per heavy atom. The molecular formula is C13H15N3O3S. The second-order valence-corrected chi connectivity index (χ2v) is 5.44. The minimum Gasteiger partial charge on any atom is -0.508 e. The van der Waals surface area contributed by atoms with Crippen LogP contribution in [0.3, 0.4) is 0 Å². The Bertz CT molecular complexity index is 608. The maximum atomic E-state index is 10.7. The Hall–Kier alpha value is -2.02. The molecule has 1 aromatic carbocycles. The van der Waals surface area contributed by atoms with Crippen LogP contribution < -0.4 is 0 Å². The van der Waals surface area contributed by atoms with Crippen LogP contribution in [-0.4, -0.2) is 36.7 Å². The molecule has 2 N–H and O–H groups in total. The Balaban J connectivity index is 2.38. The van der Waals surface area contributed by atoms with Crippen molar-refractivity contribution in [3.8, 4) is 17.1 Å². The van der Waals surface area contributed by atoms with Crippen LogP contribution in [0.25, 0.3) is 11.4 Å². The van der Waals surface area contributed by atoms with Crippen molar-refractivity contribution in [3.05, 3.63) is 24.3 Å². The molecule has 0 aliphatic carbocycles. The topological polar surface area (TPSA) is 88.2 Å². The van der Waals surface area contributed by atoms with Crippen molar-refractivity contribution in [1.82, 2.24) is 14.8 Å². The molecule has 0 spiro atoms. The largest absolute Gasteiger partial charge is 0.508 e. The Kier molecular flexibility index (Phi) is 4.29. The molecule has 0 bridgehead atoms. The van der Waals surface area contributed by atoms with E-state index in [1.807, 2.05) is 18.4 Å². The van der Waals surface area contributed by atoms with Crippen LogP contribution in [0.1, 0.15) is 19.9 Å². The highest BCUT2D eigenvalue weighted by molar-refractivity contribution is 7.99. The molecule has 0 fully saturated rings. The molecule has 0 radical (unpaired) electrons. The SMILES string of the molecule is CC(C)n1c(SCC(=O)O)nnc1-c1ccc(O)cc1. The van der Waals surface area contributed by atoms with Gasteiger partial charge in [0.15, 0.2) is 11.0 Å². The lowest BCUT2D eigenvalue weighted by molar-refractivity contribution is -0.133. The van der Waals surface area contributed by atoms with Gasteiger partial charge in [-0.3, -0.25) is 9.36 Å². The molecule has 1 heterocycles. The maximum Gasteiger partial charge on any atom is 0.313 e. The number of rotatable bonds is 5. The molecule has 0 unspecified atom stereocenters. The fourth-order valence-corrected chi connectivity index (χ4v) is 2.56. The standard InChI is InChI=1S/C13H15N3O3S/c1-8(2)16-12(9-3-5-10(17)6-4-9)14-15-13(16)20-7-11(18)19/h3-6,8,17H,7H2,1-2H3,(H,18,19). The lowest BCUT2D eigenvalue weighted by atomic mass is 10.2. The van der Waals surface area contributed by atoms with Crippen LogP contribution in [0.15, 0.2) is 29.4 Å². The summed E-state index contributed by atoms with van der Waals surface area (Å²) in [6.07, 6.45) is 0. The molecule has 0 amide bonds. The summed E-state index contributed by atoms with van der Waals surface area (Å²) in [5.74, 6) is -0.0994. The quantitative estimate of drug-likeness (QED) is 0.823. The van der Waals surface area contributed by atoms with E-state index < -0.39 is 5.97 Å². The van der Waals surface area contributed by atoms with Gasteiger partial charge in [0.25, 0.3) is 0 Å². The fourth-order valence-electron chi connectivity index (χ4n) is 1.77. The van der Waals surface area contributed by atoms with E-state index in [1.54, 1.807) is 24.3 Å². The van der Waals surface area contributed by atoms with E-state index in [4.69, 9.17) is 5.11 Å². The highest BCUT2D eigenvalue weighted by Gasteiger charge is 2.17. The zero-order valence-corrected chi connectivity index (χ0v) is 12.0. The van der Waals surface area contributed by atoms with Gasteiger partial charge in [0.1, 0.15) is 5.75 Å². The number of hydrogen-bond donors (Lipinski definition) is 2. The van der Waals surface area contributed by atoms with Crippen molar-refractivity contribution < 1.29 is 15.0 Å². The van der Waals surface area contributed by atoms with Gasteiger partial charge in [0, 0.05) is 11.6 Å². The molecule has 0 atom stereocenters. The molecule has 0 aliphatic heterocycles. The van der Waals surface area contributed by atoms with Crippen molar-refractivity contribution in [2.45, 2.75) is 25.0 Å². The van der Waals surface area contributed by atoms with Gasteiger partial charge in [-0.1, -0.05) is 11.8 Å². The van der Waals surface area contributed by atoms with Crippen LogP contribution in [0.5, 0.6) is 5.75 Å². The Labute approximate surface area is 120 Å². The molecule has 0 saturated carbocycles. The van der Waals surface area contributed by atoms with Crippen LogP contribution in [0.2, 0.25) is 0 Å². The molecule has 106 valence electrons. The summed E-state index contributed by atoms with van der Waals surface area (Å²) >= 11 is 1.14. The van der Waals surface area contributed by atoms with Gasteiger partial charge in [-0.15, -0.1) is 10.2 Å². The number of carbonyl (C=O) groups is 1. The van der Waals surface area contributed by atoms with Gasteiger partial charge in [0.05, 0.1) is 5.75 Å². The predicted octanol–water partition coefficient (Wildman–Crippen LogP) is 2.41. The van der Waals surface area contributed by atoms with Crippen molar-refractivity contribution in [1.29, 1.82) is 0 Å². The first-order valence-electron chi connectivity index (χ1n) is 6.08. The van der Waals surface area contributed by atoms with E-state index in [0.717, 1.165) is 17.3 Å². The van der Waals surface area contributed by atoms with Crippen molar-refractivity contribution in [2.75, 3.05) is 5.75 Å². The summed E-state index contributed by atoms with van der Waals surface area (Å²) in [6.45, 7) is 3.97. The van der Waals surface area contributed by atoms with E-state index >= 15 is 0 Å². The molecule has 1 aromatic heterocycles. The highest BCUT2D eigenvalue weighted by atomic mass is 32.2. The molecule has 6 nitrogen and oxygen atoms in total. The highest BCUT2D eigenvalue weighted by Crippen LogP contribution is 2.28. The lowest BCUT2D eigenvalue weighted by Crippen LogP contribution is -2.07. The third-order valence-corrected chi connectivity index (χ3v) is 3.56. The number of aliphatic carboxylic acids is 1.